The van der Waals surface area contributed by atoms with E-state index in [-0.39, 0.29) is 12.5 Å². The molecule has 168 valence electrons. The molecule has 1 amide bonds. The van der Waals surface area contributed by atoms with Crippen LogP contribution in [0.4, 0.5) is 0 Å². The number of ether oxygens (including phenoxy) is 2. The molecule has 2 aliphatic rings. The summed E-state index contributed by atoms with van der Waals surface area (Å²) in [7, 11) is 1.63. The minimum atomic E-state index is -0.512. The lowest BCUT2D eigenvalue weighted by molar-refractivity contribution is -0.127. The number of hydrogen-bond acceptors (Lipinski definition) is 6. The van der Waals surface area contributed by atoms with Gasteiger partial charge in [-0.05, 0) is 50.0 Å². The van der Waals surface area contributed by atoms with Gasteiger partial charge in [0.2, 0.25) is 5.91 Å². The molecule has 2 heterocycles. The standard InChI is InChI=1S/C23H37N3O4/c1-29-22-15-19(16-24-10-14-26-13-6-7-23(26)28)8-9-21(22)30-18-20(27)17-25-11-4-2-3-5-12-25/h8-9,15,20,24,27H,2-7,10-14,16-18H2,1H3. The van der Waals surface area contributed by atoms with Crippen molar-refractivity contribution >= 4 is 5.91 Å². The van der Waals surface area contributed by atoms with Crippen LogP contribution in [0.3, 0.4) is 0 Å². The topological polar surface area (TPSA) is 74.3 Å². The van der Waals surface area contributed by atoms with Crippen molar-refractivity contribution in [1.29, 1.82) is 0 Å². The van der Waals surface area contributed by atoms with E-state index >= 15 is 0 Å². The second-order valence-electron chi connectivity index (χ2n) is 8.33. The third-order valence-electron chi connectivity index (χ3n) is 5.89. The van der Waals surface area contributed by atoms with Gasteiger partial charge in [0.25, 0.3) is 0 Å². The largest absolute Gasteiger partial charge is 0.493 e. The second-order valence-corrected chi connectivity index (χ2v) is 8.33. The van der Waals surface area contributed by atoms with Crippen LogP contribution in [0, 0.1) is 0 Å². The summed E-state index contributed by atoms with van der Waals surface area (Å²) in [6.45, 7) is 6.15. The molecule has 2 saturated heterocycles. The van der Waals surface area contributed by atoms with Crippen LogP contribution >= 0.6 is 0 Å². The van der Waals surface area contributed by atoms with Crippen molar-refractivity contribution in [3.63, 3.8) is 0 Å². The number of benzene rings is 1. The number of methoxy groups -OCH3 is 1. The highest BCUT2D eigenvalue weighted by Gasteiger charge is 2.19. The quantitative estimate of drug-likeness (QED) is 0.535. The van der Waals surface area contributed by atoms with Crippen molar-refractivity contribution < 1.29 is 19.4 Å². The van der Waals surface area contributed by atoms with Gasteiger partial charge in [-0.15, -0.1) is 0 Å². The van der Waals surface area contributed by atoms with Crippen LogP contribution in [-0.2, 0) is 11.3 Å². The molecule has 0 aromatic heterocycles. The summed E-state index contributed by atoms with van der Waals surface area (Å²) in [6, 6.07) is 5.87. The van der Waals surface area contributed by atoms with Gasteiger partial charge in [0, 0.05) is 39.1 Å². The highest BCUT2D eigenvalue weighted by Crippen LogP contribution is 2.28. The van der Waals surface area contributed by atoms with Crippen LogP contribution in [0.25, 0.3) is 0 Å². The van der Waals surface area contributed by atoms with Crippen LogP contribution in [0.5, 0.6) is 11.5 Å². The summed E-state index contributed by atoms with van der Waals surface area (Å²) < 4.78 is 11.3. The number of amides is 1. The summed E-state index contributed by atoms with van der Waals surface area (Å²) >= 11 is 0. The first kappa shape index (κ1) is 22.8. The fraction of sp³-hybridized carbons (Fsp3) is 0.696. The Morgan fingerprint density at radius 3 is 2.60 bits per heavy atom. The maximum Gasteiger partial charge on any atom is 0.222 e. The van der Waals surface area contributed by atoms with Crippen LogP contribution in [0.2, 0.25) is 0 Å². The molecule has 0 aliphatic carbocycles. The minimum absolute atomic E-state index is 0.258. The van der Waals surface area contributed by atoms with Crippen molar-refractivity contribution in [2.75, 3.05) is 53.0 Å². The zero-order valence-corrected chi connectivity index (χ0v) is 18.3. The van der Waals surface area contributed by atoms with Gasteiger partial charge in [0.1, 0.15) is 12.7 Å². The Bertz CT molecular complexity index is 662. The van der Waals surface area contributed by atoms with Gasteiger partial charge >= 0.3 is 0 Å². The molecular weight excluding hydrogens is 382 g/mol. The summed E-state index contributed by atoms with van der Waals surface area (Å²) in [5.41, 5.74) is 1.09. The zero-order valence-electron chi connectivity index (χ0n) is 18.3. The number of aliphatic hydroxyl groups excluding tert-OH is 1. The predicted octanol–water partition coefficient (Wildman–Crippen LogP) is 2.02. The van der Waals surface area contributed by atoms with Gasteiger partial charge in [0.15, 0.2) is 11.5 Å². The highest BCUT2D eigenvalue weighted by atomic mass is 16.5. The molecule has 0 saturated carbocycles. The molecule has 1 unspecified atom stereocenters. The van der Waals surface area contributed by atoms with Gasteiger partial charge in [-0.3, -0.25) is 4.79 Å². The van der Waals surface area contributed by atoms with E-state index in [1.807, 2.05) is 23.1 Å². The molecular formula is C23H37N3O4. The lowest BCUT2D eigenvalue weighted by Crippen LogP contribution is -2.36. The third-order valence-corrected chi connectivity index (χ3v) is 5.89. The van der Waals surface area contributed by atoms with E-state index in [2.05, 4.69) is 10.2 Å². The van der Waals surface area contributed by atoms with Crippen LogP contribution in [-0.4, -0.2) is 79.9 Å². The van der Waals surface area contributed by atoms with Gasteiger partial charge in [-0.2, -0.15) is 0 Å². The van der Waals surface area contributed by atoms with Crippen molar-refractivity contribution in [3.05, 3.63) is 23.8 Å². The average molecular weight is 420 g/mol. The fourth-order valence-corrected chi connectivity index (χ4v) is 4.18. The minimum Gasteiger partial charge on any atom is -0.493 e. The summed E-state index contributed by atoms with van der Waals surface area (Å²) in [4.78, 5) is 15.9. The Morgan fingerprint density at radius 1 is 1.10 bits per heavy atom. The SMILES string of the molecule is COc1cc(CNCCN2CCCC2=O)ccc1OCC(O)CN1CCCCCC1. The van der Waals surface area contributed by atoms with Crippen LogP contribution in [0.15, 0.2) is 18.2 Å². The molecule has 1 aromatic rings. The molecule has 1 aromatic carbocycles. The summed E-state index contributed by atoms with van der Waals surface area (Å²) in [5.74, 6) is 1.59. The van der Waals surface area contributed by atoms with E-state index in [1.165, 1.54) is 25.7 Å². The molecule has 7 nitrogen and oxygen atoms in total. The van der Waals surface area contributed by atoms with Gasteiger partial charge in [-0.25, -0.2) is 0 Å². The Hall–Kier alpha value is -1.83. The number of carbonyl (C=O) groups excluding carboxylic acids is 1. The Morgan fingerprint density at radius 2 is 1.90 bits per heavy atom. The molecule has 3 rings (SSSR count). The Labute approximate surface area is 180 Å². The molecule has 2 N–H and O–H groups in total. The molecule has 2 aliphatic heterocycles. The van der Waals surface area contributed by atoms with Crippen molar-refractivity contribution in [3.8, 4) is 11.5 Å². The van der Waals surface area contributed by atoms with E-state index in [0.717, 1.165) is 44.7 Å². The first-order valence-electron chi connectivity index (χ1n) is 11.3. The zero-order chi connectivity index (χ0) is 21.2. The van der Waals surface area contributed by atoms with E-state index in [0.29, 0.717) is 31.0 Å². The summed E-state index contributed by atoms with van der Waals surface area (Å²) in [5, 5.41) is 13.8. The van der Waals surface area contributed by atoms with Crippen molar-refractivity contribution in [1.82, 2.24) is 15.1 Å². The van der Waals surface area contributed by atoms with Crippen molar-refractivity contribution in [2.45, 2.75) is 51.2 Å². The number of rotatable bonds is 11. The van der Waals surface area contributed by atoms with E-state index in [1.54, 1.807) is 7.11 Å². The number of hydrogen-bond donors (Lipinski definition) is 2. The van der Waals surface area contributed by atoms with E-state index in [4.69, 9.17) is 9.47 Å². The monoisotopic (exact) mass is 419 g/mol. The first-order chi connectivity index (χ1) is 14.7. The normalized spacial score (nSPS) is 19.0. The lowest BCUT2D eigenvalue weighted by Gasteiger charge is -2.23. The number of aliphatic hydroxyl groups is 1. The molecule has 2 fully saturated rings. The van der Waals surface area contributed by atoms with E-state index in [9.17, 15) is 9.90 Å². The third kappa shape index (κ3) is 7.15. The smallest absolute Gasteiger partial charge is 0.222 e. The van der Waals surface area contributed by atoms with Crippen molar-refractivity contribution in [2.24, 2.45) is 0 Å². The maximum absolute atomic E-state index is 11.6. The molecule has 30 heavy (non-hydrogen) atoms. The maximum atomic E-state index is 11.6. The average Bonchev–Trinajstić information content (AvgIpc) is 2.99. The first-order valence-corrected chi connectivity index (χ1v) is 11.3. The second kappa shape index (κ2) is 12.1. The number of carbonyl (C=O) groups is 1. The molecule has 1 atom stereocenters. The lowest BCUT2D eigenvalue weighted by atomic mass is 10.2. The molecule has 0 bridgehead atoms. The van der Waals surface area contributed by atoms with Gasteiger partial charge < -0.3 is 29.7 Å². The fourth-order valence-electron chi connectivity index (χ4n) is 4.18. The molecule has 7 heteroatoms. The summed E-state index contributed by atoms with van der Waals surface area (Å²) in [6.07, 6.45) is 6.16. The van der Waals surface area contributed by atoms with Crippen LogP contribution < -0.4 is 14.8 Å². The highest BCUT2D eigenvalue weighted by molar-refractivity contribution is 5.78. The number of likely N-dealkylation sites (tertiary alicyclic amines) is 2. The number of nitrogens with one attached hydrogen (secondary N) is 1. The number of β-amino-alcohol motifs (C(OH)–C–C–N with tert-alkyl or cyclic N) is 1. The van der Waals surface area contributed by atoms with Gasteiger partial charge in [0.05, 0.1) is 7.11 Å². The molecule has 0 radical (unpaired) electrons. The molecule has 0 spiro atoms. The number of nitrogens with zero attached hydrogens (tertiary/aromatic N) is 2. The Balaban J connectivity index is 1.41. The van der Waals surface area contributed by atoms with Crippen LogP contribution in [0.1, 0.15) is 44.1 Å². The predicted molar refractivity (Wildman–Crippen MR) is 117 cm³/mol. The van der Waals surface area contributed by atoms with Gasteiger partial charge in [-0.1, -0.05) is 18.9 Å². The Kier molecular flexibility index (Phi) is 9.24. The van der Waals surface area contributed by atoms with E-state index < -0.39 is 6.10 Å².